The Labute approximate surface area is 98.1 Å². The number of Topliss-reactive ketones (excluding diaryl/α,β-unsaturated/α-hetero) is 1. The molecule has 0 aromatic carbocycles. The SMILES string of the molecule is CCC(C)(CC)C(=O)CCc1ccncc1. The van der Waals surface area contributed by atoms with Crippen molar-refractivity contribution in [1.82, 2.24) is 4.98 Å². The van der Waals surface area contributed by atoms with Crippen LogP contribution in [0.5, 0.6) is 0 Å². The van der Waals surface area contributed by atoms with Crippen LogP contribution in [0, 0.1) is 5.41 Å². The minimum absolute atomic E-state index is 0.132. The van der Waals surface area contributed by atoms with Gasteiger partial charge in [-0.25, -0.2) is 0 Å². The molecule has 16 heavy (non-hydrogen) atoms. The number of hydrogen-bond acceptors (Lipinski definition) is 2. The molecule has 0 amide bonds. The van der Waals surface area contributed by atoms with Gasteiger partial charge in [-0.3, -0.25) is 9.78 Å². The topological polar surface area (TPSA) is 30.0 Å². The largest absolute Gasteiger partial charge is 0.299 e. The van der Waals surface area contributed by atoms with Crippen molar-refractivity contribution in [2.75, 3.05) is 0 Å². The Kier molecular flexibility index (Phi) is 4.66. The van der Waals surface area contributed by atoms with Gasteiger partial charge in [-0.05, 0) is 37.0 Å². The molecule has 0 saturated carbocycles. The van der Waals surface area contributed by atoms with Gasteiger partial charge in [0.15, 0.2) is 0 Å². The summed E-state index contributed by atoms with van der Waals surface area (Å²) in [5.74, 6) is 0.384. The third-order valence-corrected chi connectivity index (χ3v) is 3.62. The predicted molar refractivity (Wildman–Crippen MR) is 66.3 cm³/mol. The van der Waals surface area contributed by atoms with Gasteiger partial charge in [-0.15, -0.1) is 0 Å². The monoisotopic (exact) mass is 219 g/mol. The average Bonchev–Trinajstić information content (AvgIpc) is 2.36. The Balaban J connectivity index is 2.53. The summed E-state index contributed by atoms with van der Waals surface area (Å²) in [6.45, 7) is 6.25. The molecule has 0 aliphatic heterocycles. The van der Waals surface area contributed by atoms with E-state index in [4.69, 9.17) is 0 Å². The van der Waals surface area contributed by atoms with Crippen LogP contribution in [0.15, 0.2) is 24.5 Å². The minimum Gasteiger partial charge on any atom is -0.299 e. The fraction of sp³-hybridized carbons (Fsp3) is 0.571. The Morgan fingerprint density at radius 3 is 2.31 bits per heavy atom. The Bertz CT molecular complexity index is 328. The van der Waals surface area contributed by atoms with E-state index in [0.717, 1.165) is 19.3 Å². The van der Waals surface area contributed by atoms with Crippen molar-refractivity contribution in [1.29, 1.82) is 0 Å². The van der Waals surface area contributed by atoms with Crippen molar-refractivity contribution in [2.45, 2.75) is 46.5 Å². The highest BCUT2D eigenvalue weighted by molar-refractivity contribution is 5.84. The van der Waals surface area contributed by atoms with Crippen molar-refractivity contribution in [3.63, 3.8) is 0 Å². The van der Waals surface area contributed by atoms with Crippen LogP contribution in [0.1, 0.15) is 45.6 Å². The maximum Gasteiger partial charge on any atom is 0.139 e. The van der Waals surface area contributed by atoms with E-state index in [2.05, 4.69) is 25.8 Å². The summed E-state index contributed by atoms with van der Waals surface area (Å²) in [5, 5.41) is 0. The Hall–Kier alpha value is -1.18. The van der Waals surface area contributed by atoms with Crippen molar-refractivity contribution >= 4 is 5.78 Å². The molecule has 88 valence electrons. The fourth-order valence-electron chi connectivity index (χ4n) is 1.75. The van der Waals surface area contributed by atoms with Crippen LogP contribution in [0.25, 0.3) is 0 Å². The van der Waals surface area contributed by atoms with Crippen LogP contribution in [0.4, 0.5) is 0 Å². The number of rotatable bonds is 6. The van der Waals surface area contributed by atoms with Crippen LogP contribution in [-0.4, -0.2) is 10.8 Å². The minimum atomic E-state index is -0.132. The summed E-state index contributed by atoms with van der Waals surface area (Å²) in [6, 6.07) is 3.95. The van der Waals surface area contributed by atoms with Crippen molar-refractivity contribution < 1.29 is 4.79 Å². The summed E-state index contributed by atoms with van der Waals surface area (Å²) in [7, 11) is 0. The fourth-order valence-corrected chi connectivity index (χ4v) is 1.75. The lowest BCUT2D eigenvalue weighted by molar-refractivity contribution is -0.128. The summed E-state index contributed by atoms with van der Waals surface area (Å²) in [4.78, 5) is 16.1. The van der Waals surface area contributed by atoms with E-state index in [-0.39, 0.29) is 5.41 Å². The molecule has 0 fully saturated rings. The lowest BCUT2D eigenvalue weighted by Gasteiger charge is -2.24. The zero-order valence-corrected chi connectivity index (χ0v) is 10.5. The number of aromatic nitrogens is 1. The maximum atomic E-state index is 12.1. The number of aryl methyl sites for hydroxylation is 1. The molecular weight excluding hydrogens is 198 g/mol. The zero-order valence-electron chi connectivity index (χ0n) is 10.5. The van der Waals surface area contributed by atoms with E-state index in [1.807, 2.05) is 12.1 Å². The van der Waals surface area contributed by atoms with E-state index in [9.17, 15) is 4.79 Å². The molecule has 0 atom stereocenters. The smallest absolute Gasteiger partial charge is 0.139 e. The molecule has 0 bridgehead atoms. The molecule has 1 aromatic rings. The van der Waals surface area contributed by atoms with E-state index in [1.54, 1.807) is 12.4 Å². The van der Waals surface area contributed by atoms with Gasteiger partial charge in [0.25, 0.3) is 0 Å². The number of carbonyl (C=O) groups excluding carboxylic acids is 1. The Morgan fingerprint density at radius 2 is 1.81 bits per heavy atom. The molecule has 0 saturated heterocycles. The van der Waals surface area contributed by atoms with Gasteiger partial charge in [0.2, 0.25) is 0 Å². The number of ketones is 1. The molecule has 0 N–H and O–H groups in total. The average molecular weight is 219 g/mol. The van der Waals surface area contributed by atoms with Crippen molar-refractivity contribution in [2.24, 2.45) is 5.41 Å². The van der Waals surface area contributed by atoms with Gasteiger partial charge in [-0.2, -0.15) is 0 Å². The molecule has 1 aromatic heterocycles. The van der Waals surface area contributed by atoms with Crippen LogP contribution in [0.3, 0.4) is 0 Å². The van der Waals surface area contributed by atoms with Crippen LogP contribution in [0.2, 0.25) is 0 Å². The molecule has 1 heterocycles. The maximum absolute atomic E-state index is 12.1. The van der Waals surface area contributed by atoms with Crippen LogP contribution in [-0.2, 0) is 11.2 Å². The standard InChI is InChI=1S/C14H21NO/c1-4-14(3,5-2)13(16)7-6-12-8-10-15-11-9-12/h8-11H,4-7H2,1-3H3. The third-order valence-electron chi connectivity index (χ3n) is 3.62. The first-order valence-corrected chi connectivity index (χ1v) is 6.04. The molecule has 1 rings (SSSR count). The van der Waals surface area contributed by atoms with Crippen LogP contribution >= 0.6 is 0 Å². The zero-order chi connectivity index (χ0) is 12.0. The second kappa shape index (κ2) is 5.78. The van der Waals surface area contributed by atoms with E-state index in [0.29, 0.717) is 12.2 Å². The van der Waals surface area contributed by atoms with Gasteiger partial charge in [0.1, 0.15) is 5.78 Å². The van der Waals surface area contributed by atoms with Crippen molar-refractivity contribution in [3.05, 3.63) is 30.1 Å². The highest BCUT2D eigenvalue weighted by Crippen LogP contribution is 2.28. The summed E-state index contributed by atoms with van der Waals surface area (Å²) in [6.07, 6.45) is 6.88. The Morgan fingerprint density at radius 1 is 1.25 bits per heavy atom. The molecule has 2 heteroatoms. The molecule has 0 spiro atoms. The molecule has 0 aliphatic carbocycles. The van der Waals surface area contributed by atoms with Gasteiger partial charge in [0, 0.05) is 24.2 Å². The number of nitrogens with zero attached hydrogens (tertiary/aromatic N) is 1. The normalized spacial score (nSPS) is 11.4. The van der Waals surface area contributed by atoms with E-state index in [1.165, 1.54) is 5.56 Å². The predicted octanol–water partition coefficient (Wildman–Crippen LogP) is 3.41. The molecule has 2 nitrogen and oxygen atoms in total. The van der Waals surface area contributed by atoms with Gasteiger partial charge in [0.05, 0.1) is 0 Å². The first-order chi connectivity index (χ1) is 7.62. The van der Waals surface area contributed by atoms with Gasteiger partial charge >= 0.3 is 0 Å². The summed E-state index contributed by atoms with van der Waals surface area (Å²) >= 11 is 0. The first-order valence-electron chi connectivity index (χ1n) is 6.04. The summed E-state index contributed by atoms with van der Waals surface area (Å²) in [5.41, 5.74) is 1.06. The number of carbonyl (C=O) groups is 1. The van der Waals surface area contributed by atoms with Gasteiger partial charge in [-0.1, -0.05) is 20.8 Å². The lowest BCUT2D eigenvalue weighted by atomic mass is 9.78. The van der Waals surface area contributed by atoms with E-state index < -0.39 is 0 Å². The second-order valence-electron chi connectivity index (χ2n) is 4.55. The summed E-state index contributed by atoms with van der Waals surface area (Å²) < 4.78 is 0. The lowest BCUT2D eigenvalue weighted by Crippen LogP contribution is -2.26. The highest BCUT2D eigenvalue weighted by atomic mass is 16.1. The quantitative estimate of drug-likeness (QED) is 0.734. The molecule has 0 unspecified atom stereocenters. The van der Waals surface area contributed by atoms with Crippen molar-refractivity contribution in [3.8, 4) is 0 Å². The molecular formula is C14H21NO. The van der Waals surface area contributed by atoms with Crippen LogP contribution < -0.4 is 0 Å². The molecule has 0 radical (unpaired) electrons. The second-order valence-corrected chi connectivity index (χ2v) is 4.55. The van der Waals surface area contributed by atoms with Gasteiger partial charge < -0.3 is 0 Å². The first kappa shape index (κ1) is 12.9. The number of pyridine rings is 1. The number of hydrogen-bond donors (Lipinski definition) is 0. The third kappa shape index (κ3) is 3.16. The van der Waals surface area contributed by atoms with E-state index >= 15 is 0 Å². The highest BCUT2D eigenvalue weighted by Gasteiger charge is 2.27. The molecule has 0 aliphatic rings.